The highest BCUT2D eigenvalue weighted by atomic mass is 16.3. The number of hydrogen-bond acceptors (Lipinski definition) is 2. The smallest absolute Gasteiger partial charge is 0.0762 e. The minimum Gasteiger partial charge on any atom is -0.391 e. The van der Waals surface area contributed by atoms with Crippen LogP contribution in [0.4, 0.5) is 0 Å². The molecule has 0 aliphatic heterocycles. The molecule has 0 amide bonds. The molecule has 2 heteroatoms. The number of aliphatic hydroxyl groups is 1. The summed E-state index contributed by atoms with van der Waals surface area (Å²) in [6.45, 7) is 6.12. The van der Waals surface area contributed by atoms with E-state index in [9.17, 15) is 5.11 Å². The molecule has 2 aromatic rings. The molecule has 2 nitrogen and oxygen atoms in total. The summed E-state index contributed by atoms with van der Waals surface area (Å²) in [5.74, 6) is 0. The molecule has 0 aliphatic rings. The molecule has 21 heavy (non-hydrogen) atoms. The number of benzene rings is 2. The summed E-state index contributed by atoms with van der Waals surface area (Å²) in [5, 5.41) is 10.6. The van der Waals surface area contributed by atoms with Crippen LogP contribution in [-0.2, 0) is 12.0 Å². The van der Waals surface area contributed by atoms with Gasteiger partial charge in [-0.1, -0.05) is 55.5 Å². The van der Waals surface area contributed by atoms with Crippen LogP contribution >= 0.6 is 0 Å². The zero-order chi connectivity index (χ0) is 15.5. The maximum absolute atomic E-state index is 10.6. The Bertz CT molecular complexity index is 608. The highest BCUT2D eigenvalue weighted by molar-refractivity contribution is 5.37. The molecule has 0 bridgehead atoms. The Labute approximate surface area is 127 Å². The molecule has 2 atom stereocenters. The minimum atomic E-state index is -0.758. The van der Waals surface area contributed by atoms with Crippen LogP contribution in [0.3, 0.4) is 0 Å². The molecule has 2 unspecified atom stereocenters. The van der Waals surface area contributed by atoms with E-state index in [1.54, 1.807) is 0 Å². The third kappa shape index (κ3) is 3.17. The molecule has 2 rings (SSSR count). The quantitative estimate of drug-likeness (QED) is 0.882. The number of aryl methyl sites for hydroxylation is 2. The molecule has 0 aromatic heterocycles. The molecule has 3 N–H and O–H groups in total. The van der Waals surface area contributed by atoms with Crippen molar-refractivity contribution in [3.05, 3.63) is 70.8 Å². The summed E-state index contributed by atoms with van der Waals surface area (Å²) >= 11 is 0. The van der Waals surface area contributed by atoms with Gasteiger partial charge >= 0.3 is 0 Å². The molecule has 2 aromatic carbocycles. The Morgan fingerprint density at radius 1 is 1.00 bits per heavy atom. The van der Waals surface area contributed by atoms with Crippen LogP contribution in [-0.4, -0.2) is 11.2 Å². The van der Waals surface area contributed by atoms with Crippen molar-refractivity contribution in [2.24, 2.45) is 5.73 Å². The number of hydrogen-bond donors (Lipinski definition) is 2. The van der Waals surface area contributed by atoms with Gasteiger partial charge in [-0.05, 0) is 48.9 Å². The van der Waals surface area contributed by atoms with Crippen molar-refractivity contribution < 1.29 is 5.11 Å². The average Bonchev–Trinajstić information content (AvgIpc) is 2.49. The fraction of sp³-hybridized carbons (Fsp3) is 0.368. The van der Waals surface area contributed by atoms with Gasteiger partial charge in [-0.3, -0.25) is 0 Å². The van der Waals surface area contributed by atoms with Crippen LogP contribution < -0.4 is 5.73 Å². The molecular formula is C19H25NO. The van der Waals surface area contributed by atoms with Gasteiger partial charge in [-0.2, -0.15) is 0 Å². The third-order valence-electron chi connectivity index (χ3n) is 4.37. The average molecular weight is 283 g/mol. The lowest BCUT2D eigenvalue weighted by Gasteiger charge is -2.36. The zero-order valence-corrected chi connectivity index (χ0v) is 13.1. The molecule has 0 fully saturated rings. The fourth-order valence-corrected chi connectivity index (χ4v) is 2.98. The van der Waals surface area contributed by atoms with Gasteiger partial charge in [0, 0.05) is 0 Å². The van der Waals surface area contributed by atoms with E-state index in [-0.39, 0.29) is 0 Å². The van der Waals surface area contributed by atoms with Gasteiger partial charge in [0.15, 0.2) is 0 Å². The predicted molar refractivity (Wildman–Crippen MR) is 88.2 cm³/mol. The lowest BCUT2D eigenvalue weighted by molar-refractivity contribution is 0.0780. The van der Waals surface area contributed by atoms with Gasteiger partial charge in [0.05, 0.1) is 11.6 Å². The van der Waals surface area contributed by atoms with Gasteiger partial charge in [0.1, 0.15) is 0 Å². The van der Waals surface area contributed by atoms with E-state index < -0.39 is 11.6 Å². The summed E-state index contributed by atoms with van der Waals surface area (Å²) in [6.07, 6.45) is 0.703. The molecular weight excluding hydrogens is 258 g/mol. The Hall–Kier alpha value is -1.64. The molecule has 0 saturated carbocycles. The van der Waals surface area contributed by atoms with Gasteiger partial charge in [0.2, 0.25) is 0 Å². The Balaban J connectivity index is 2.48. The maximum Gasteiger partial charge on any atom is 0.0762 e. The van der Waals surface area contributed by atoms with E-state index in [0.717, 1.165) is 11.1 Å². The fourth-order valence-electron chi connectivity index (χ4n) is 2.98. The highest BCUT2D eigenvalue weighted by Crippen LogP contribution is 2.31. The summed E-state index contributed by atoms with van der Waals surface area (Å²) in [6, 6.07) is 16.3. The van der Waals surface area contributed by atoms with Gasteiger partial charge in [-0.15, -0.1) is 0 Å². The zero-order valence-electron chi connectivity index (χ0n) is 13.1. The number of aliphatic hydroxyl groups excluding tert-OH is 1. The van der Waals surface area contributed by atoms with Crippen molar-refractivity contribution in [3.8, 4) is 0 Å². The summed E-state index contributed by atoms with van der Waals surface area (Å²) in [7, 11) is 0. The van der Waals surface area contributed by atoms with Crippen molar-refractivity contribution in [2.45, 2.75) is 45.3 Å². The second-order valence-corrected chi connectivity index (χ2v) is 5.88. The van der Waals surface area contributed by atoms with Crippen molar-refractivity contribution in [1.29, 1.82) is 0 Å². The van der Waals surface area contributed by atoms with E-state index in [2.05, 4.69) is 32.0 Å². The Kier molecular flexibility index (Phi) is 4.81. The first-order chi connectivity index (χ1) is 9.99. The van der Waals surface area contributed by atoms with Crippen LogP contribution in [0.15, 0.2) is 48.5 Å². The maximum atomic E-state index is 10.6. The monoisotopic (exact) mass is 283 g/mol. The van der Waals surface area contributed by atoms with E-state index in [0.29, 0.717) is 12.8 Å². The van der Waals surface area contributed by atoms with E-state index in [1.807, 2.05) is 37.3 Å². The first-order valence-corrected chi connectivity index (χ1v) is 7.56. The van der Waals surface area contributed by atoms with E-state index in [1.165, 1.54) is 11.1 Å². The first-order valence-electron chi connectivity index (χ1n) is 7.56. The molecule has 0 spiro atoms. The van der Waals surface area contributed by atoms with Crippen molar-refractivity contribution >= 4 is 0 Å². The number of nitrogens with two attached hydrogens (primary N) is 1. The molecule has 0 saturated heterocycles. The molecule has 0 aliphatic carbocycles. The molecule has 0 heterocycles. The summed E-state index contributed by atoms with van der Waals surface area (Å²) in [5.41, 5.74) is 10.5. The topological polar surface area (TPSA) is 46.2 Å². The lowest BCUT2D eigenvalue weighted by Crippen LogP contribution is -2.50. The van der Waals surface area contributed by atoms with Crippen molar-refractivity contribution in [1.82, 2.24) is 0 Å². The Morgan fingerprint density at radius 3 is 2.14 bits per heavy atom. The third-order valence-corrected chi connectivity index (χ3v) is 4.37. The normalized spacial score (nSPS) is 15.5. The molecule has 112 valence electrons. The predicted octanol–water partition coefficient (Wildman–Crippen LogP) is 3.47. The standard InChI is InChI=1S/C19H25NO/c1-4-18(21)19(20,17-12-8-6-10-15(17)3)13-16-11-7-5-9-14(16)2/h5-12,18,21H,4,13,20H2,1-3H3. The minimum absolute atomic E-state index is 0.571. The van der Waals surface area contributed by atoms with Crippen molar-refractivity contribution in [2.75, 3.05) is 0 Å². The second kappa shape index (κ2) is 6.42. The van der Waals surface area contributed by atoms with Crippen LogP contribution in [0.1, 0.15) is 35.6 Å². The highest BCUT2D eigenvalue weighted by Gasteiger charge is 2.36. The van der Waals surface area contributed by atoms with Crippen LogP contribution in [0.2, 0.25) is 0 Å². The number of rotatable bonds is 5. The van der Waals surface area contributed by atoms with Crippen LogP contribution in [0, 0.1) is 13.8 Å². The van der Waals surface area contributed by atoms with Gasteiger partial charge in [0.25, 0.3) is 0 Å². The second-order valence-electron chi connectivity index (χ2n) is 5.88. The first kappa shape index (κ1) is 15.7. The van der Waals surface area contributed by atoms with E-state index in [4.69, 9.17) is 5.73 Å². The van der Waals surface area contributed by atoms with E-state index >= 15 is 0 Å². The summed E-state index contributed by atoms with van der Waals surface area (Å²) < 4.78 is 0. The lowest BCUT2D eigenvalue weighted by atomic mass is 9.77. The van der Waals surface area contributed by atoms with Gasteiger partial charge in [-0.25, -0.2) is 0 Å². The SMILES string of the molecule is CCC(O)C(N)(Cc1ccccc1C)c1ccccc1C. The van der Waals surface area contributed by atoms with Crippen LogP contribution in [0.25, 0.3) is 0 Å². The molecule has 0 radical (unpaired) electrons. The Morgan fingerprint density at radius 2 is 1.57 bits per heavy atom. The van der Waals surface area contributed by atoms with Gasteiger partial charge < -0.3 is 10.8 Å². The van der Waals surface area contributed by atoms with Crippen molar-refractivity contribution in [3.63, 3.8) is 0 Å². The largest absolute Gasteiger partial charge is 0.391 e. The van der Waals surface area contributed by atoms with Crippen LogP contribution in [0.5, 0.6) is 0 Å². The summed E-state index contributed by atoms with van der Waals surface area (Å²) in [4.78, 5) is 0.